The number of hydrogen-bond acceptors (Lipinski definition) is 2. The van der Waals surface area contributed by atoms with Crippen LogP contribution in [-0.2, 0) is 0 Å². The first-order chi connectivity index (χ1) is 10.4. The van der Waals surface area contributed by atoms with Crippen molar-refractivity contribution in [3.8, 4) is 6.07 Å². The summed E-state index contributed by atoms with van der Waals surface area (Å²) in [4.78, 5) is 0. The minimum Gasteiger partial charge on any atom is -0.473 e. The molecule has 102 valence electrons. The maximum Gasteiger partial charge on any atom is 0.0998 e. The highest BCUT2D eigenvalue weighted by Gasteiger charge is 1.98. The summed E-state index contributed by atoms with van der Waals surface area (Å²) in [6.45, 7) is 0. The highest BCUT2D eigenvalue weighted by atomic mass is 16.3. The number of nitriles is 1. The first-order valence-electron chi connectivity index (χ1n) is 6.59. The minimum atomic E-state index is 0.687. The normalized spacial score (nSPS) is 10.1. The van der Waals surface area contributed by atoms with Crippen LogP contribution in [0.5, 0.6) is 0 Å². The molecule has 0 bridgehead atoms. The van der Waals surface area contributed by atoms with Crippen LogP contribution in [0.2, 0.25) is 0 Å². The Hall–Kier alpha value is -3.05. The van der Waals surface area contributed by atoms with Crippen molar-refractivity contribution in [2.75, 3.05) is 0 Å². The van der Waals surface area contributed by atoms with E-state index in [9.17, 15) is 0 Å². The van der Waals surface area contributed by atoms with Crippen molar-refractivity contribution < 1.29 is 4.42 Å². The molecule has 0 aliphatic rings. The largest absolute Gasteiger partial charge is 0.473 e. The molecule has 0 aliphatic heterocycles. The number of rotatable bonds is 2. The molecule has 1 aromatic heterocycles. The molecule has 3 aromatic rings. The minimum absolute atomic E-state index is 0.687. The van der Waals surface area contributed by atoms with Gasteiger partial charge in [-0.1, -0.05) is 60.7 Å². The van der Waals surface area contributed by atoms with Crippen molar-refractivity contribution in [1.82, 2.24) is 0 Å². The van der Waals surface area contributed by atoms with Gasteiger partial charge in [-0.3, -0.25) is 0 Å². The maximum atomic E-state index is 9.12. The predicted octanol–water partition coefficient (Wildman–Crippen LogP) is 5.03. The summed E-state index contributed by atoms with van der Waals surface area (Å²) in [5.41, 5.74) is 2.68. The lowest BCUT2D eigenvalue weighted by Crippen LogP contribution is -1.80. The number of nitrogens with zero attached hydrogens (tertiary/aromatic N) is 1. The molecule has 0 unspecified atom stereocenters. The molecule has 0 aliphatic carbocycles. The van der Waals surface area contributed by atoms with Crippen LogP contribution in [0.4, 0.5) is 0 Å². The first-order valence-corrected chi connectivity index (χ1v) is 6.59. The third-order valence-electron chi connectivity index (χ3n) is 2.74. The van der Waals surface area contributed by atoms with Gasteiger partial charge >= 0.3 is 0 Å². The number of furan rings is 1. The fourth-order valence-electron chi connectivity index (χ4n) is 1.74. The van der Waals surface area contributed by atoms with Crippen molar-refractivity contribution in [2.24, 2.45) is 0 Å². The van der Waals surface area contributed by atoms with E-state index in [4.69, 9.17) is 5.26 Å². The number of hydrogen-bond donors (Lipinski definition) is 0. The molecule has 0 amide bonds. The van der Waals surface area contributed by atoms with Gasteiger partial charge in [0.2, 0.25) is 0 Å². The molecule has 2 heteroatoms. The molecule has 2 aromatic carbocycles. The van der Waals surface area contributed by atoms with Gasteiger partial charge in [-0.25, -0.2) is 0 Å². The third-order valence-corrected chi connectivity index (χ3v) is 2.74. The summed E-state index contributed by atoms with van der Waals surface area (Å²) in [7, 11) is 0. The van der Waals surface area contributed by atoms with Crippen molar-refractivity contribution in [1.29, 1.82) is 5.26 Å². The van der Waals surface area contributed by atoms with E-state index < -0.39 is 0 Å². The van der Waals surface area contributed by atoms with Gasteiger partial charge in [0.05, 0.1) is 24.2 Å². The van der Waals surface area contributed by atoms with E-state index in [-0.39, 0.29) is 0 Å². The lowest BCUT2D eigenvalue weighted by Gasteiger charge is -1.98. The second-order valence-corrected chi connectivity index (χ2v) is 4.24. The second kappa shape index (κ2) is 8.19. The average Bonchev–Trinajstić information content (AvgIpc) is 3.14. The fourth-order valence-corrected chi connectivity index (χ4v) is 1.74. The molecule has 0 spiro atoms. The van der Waals surface area contributed by atoms with Crippen LogP contribution in [0.3, 0.4) is 0 Å². The first kappa shape index (κ1) is 14.4. The van der Waals surface area contributed by atoms with E-state index in [1.807, 2.05) is 78.9 Å². The molecule has 0 radical (unpaired) electrons. The van der Waals surface area contributed by atoms with Crippen molar-refractivity contribution in [2.45, 2.75) is 0 Å². The molecule has 21 heavy (non-hydrogen) atoms. The Kier molecular flexibility index (Phi) is 5.60. The zero-order valence-corrected chi connectivity index (χ0v) is 11.5. The molecule has 2 nitrogen and oxygen atoms in total. The quantitative estimate of drug-likeness (QED) is 0.485. The Balaban J connectivity index is 0.000000272. The van der Waals surface area contributed by atoms with Gasteiger partial charge in [0.1, 0.15) is 0 Å². The molecule has 0 saturated heterocycles. The van der Waals surface area contributed by atoms with Gasteiger partial charge in [-0.15, -0.1) is 0 Å². The Morgan fingerprint density at radius 2 is 1.38 bits per heavy atom. The zero-order valence-electron chi connectivity index (χ0n) is 11.5. The molecule has 0 saturated carbocycles. The van der Waals surface area contributed by atoms with Gasteiger partial charge < -0.3 is 4.42 Å². The van der Waals surface area contributed by atoms with E-state index in [0.29, 0.717) is 5.57 Å². The Morgan fingerprint density at radius 3 is 1.86 bits per heavy atom. The van der Waals surface area contributed by atoms with E-state index >= 15 is 0 Å². The summed E-state index contributed by atoms with van der Waals surface area (Å²) >= 11 is 0. The van der Waals surface area contributed by atoms with Crippen LogP contribution in [-0.4, -0.2) is 0 Å². The van der Waals surface area contributed by atoms with Crippen LogP contribution in [0.25, 0.3) is 11.6 Å². The fraction of sp³-hybridized carbons (Fsp3) is 0. The third kappa shape index (κ3) is 4.85. The van der Waals surface area contributed by atoms with Crippen LogP contribution in [0.15, 0.2) is 89.7 Å². The van der Waals surface area contributed by atoms with Crippen LogP contribution in [0.1, 0.15) is 11.1 Å². The number of benzene rings is 2. The molecule has 1 heterocycles. The van der Waals surface area contributed by atoms with Gasteiger partial charge in [-0.2, -0.15) is 5.26 Å². The van der Waals surface area contributed by atoms with E-state index in [1.165, 1.54) is 0 Å². The van der Waals surface area contributed by atoms with Crippen LogP contribution in [0, 0.1) is 11.3 Å². The standard InChI is InChI=1S/C15H11N.C4H4O/c16-12-15(14-9-5-2-6-10-14)11-13-7-3-1-4-8-13;1-2-4-5-3-1/h1-11H;1-4H. The SMILES string of the molecule is N#CC(=Cc1ccccc1)c1ccccc1.c1ccoc1. The average molecular weight is 273 g/mol. The van der Waals surface area contributed by atoms with Gasteiger partial charge in [-0.05, 0) is 29.3 Å². The lowest BCUT2D eigenvalue weighted by atomic mass is 10.0. The van der Waals surface area contributed by atoms with Crippen molar-refractivity contribution in [3.63, 3.8) is 0 Å². The highest BCUT2D eigenvalue weighted by Crippen LogP contribution is 2.16. The molecular weight excluding hydrogens is 258 g/mol. The summed E-state index contributed by atoms with van der Waals surface area (Å²) in [5.74, 6) is 0. The molecule has 0 fully saturated rings. The summed E-state index contributed by atoms with van der Waals surface area (Å²) in [5, 5.41) is 9.12. The topological polar surface area (TPSA) is 36.9 Å². The predicted molar refractivity (Wildman–Crippen MR) is 85.1 cm³/mol. The molecule has 0 atom stereocenters. The smallest absolute Gasteiger partial charge is 0.0998 e. The Morgan fingerprint density at radius 1 is 0.810 bits per heavy atom. The lowest BCUT2D eigenvalue weighted by molar-refractivity contribution is 0.567. The van der Waals surface area contributed by atoms with E-state index in [2.05, 4.69) is 10.5 Å². The summed E-state index contributed by atoms with van der Waals surface area (Å²) < 4.78 is 4.58. The number of allylic oxidation sites excluding steroid dienone is 1. The van der Waals surface area contributed by atoms with Crippen molar-refractivity contribution >= 4 is 11.6 Å². The monoisotopic (exact) mass is 273 g/mol. The van der Waals surface area contributed by atoms with Crippen molar-refractivity contribution in [3.05, 3.63) is 96.4 Å². The van der Waals surface area contributed by atoms with Gasteiger partial charge in [0, 0.05) is 0 Å². The summed E-state index contributed by atoms with van der Waals surface area (Å²) in [6.07, 6.45) is 5.15. The highest BCUT2D eigenvalue weighted by molar-refractivity contribution is 5.89. The van der Waals surface area contributed by atoms with E-state index in [0.717, 1.165) is 11.1 Å². The maximum absolute atomic E-state index is 9.12. The zero-order chi connectivity index (χ0) is 14.8. The Labute approximate surface area is 124 Å². The molecule has 3 rings (SSSR count). The van der Waals surface area contributed by atoms with E-state index in [1.54, 1.807) is 12.5 Å². The van der Waals surface area contributed by atoms with Crippen LogP contribution >= 0.6 is 0 Å². The molecular formula is C19H15NO. The van der Waals surface area contributed by atoms with Gasteiger partial charge in [0.15, 0.2) is 0 Å². The van der Waals surface area contributed by atoms with Crippen LogP contribution < -0.4 is 0 Å². The second-order valence-electron chi connectivity index (χ2n) is 4.24. The summed E-state index contributed by atoms with van der Waals surface area (Å²) in [6, 6.07) is 25.5. The van der Waals surface area contributed by atoms with Gasteiger partial charge in [0.25, 0.3) is 0 Å². The molecule has 0 N–H and O–H groups in total. The Bertz CT molecular complexity index is 675.